The van der Waals surface area contributed by atoms with E-state index in [2.05, 4.69) is 4.98 Å². The molecule has 1 saturated heterocycles. The third kappa shape index (κ3) is 2.49. The highest BCUT2D eigenvalue weighted by molar-refractivity contribution is 7.11. The Labute approximate surface area is 155 Å². The van der Waals surface area contributed by atoms with Crippen LogP contribution in [0, 0.1) is 5.41 Å². The summed E-state index contributed by atoms with van der Waals surface area (Å²) in [6, 6.07) is 7.49. The van der Waals surface area contributed by atoms with Crippen LogP contribution in [0.15, 0.2) is 29.6 Å². The third-order valence-electron chi connectivity index (χ3n) is 5.33. The van der Waals surface area contributed by atoms with Crippen LogP contribution < -0.4 is 4.74 Å². The van der Waals surface area contributed by atoms with Gasteiger partial charge in [0.1, 0.15) is 17.8 Å². The number of fused-ring (bicyclic) bond motifs is 3. The van der Waals surface area contributed by atoms with Gasteiger partial charge in [0.2, 0.25) is 0 Å². The van der Waals surface area contributed by atoms with Gasteiger partial charge in [-0.15, -0.1) is 11.3 Å². The number of nitrogens with zero attached hydrogens (tertiary/aromatic N) is 2. The Hall–Kier alpha value is -2.41. The zero-order valence-electron chi connectivity index (χ0n) is 14.6. The first kappa shape index (κ1) is 17.0. The summed E-state index contributed by atoms with van der Waals surface area (Å²) in [4.78, 5) is 31.1. The van der Waals surface area contributed by atoms with Crippen molar-refractivity contribution < 1.29 is 19.4 Å². The number of para-hydroxylation sites is 1. The van der Waals surface area contributed by atoms with Gasteiger partial charge in [0.05, 0.1) is 5.69 Å². The second-order valence-corrected chi connectivity index (χ2v) is 8.12. The molecule has 26 heavy (non-hydrogen) atoms. The number of ether oxygens (including phenoxy) is 1. The normalized spacial score (nSPS) is 24.1. The van der Waals surface area contributed by atoms with Crippen molar-refractivity contribution in [2.75, 3.05) is 19.7 Å². The summed E-state index contributed by atoms with van der Waals surface area (Å²) < 4.78 is 5.74. The molecular weight excluding hydrogens is 352 g/mol. The van der Waals surface area contributed by atoms with E-state index in [4.69, 9.17) is 4.74 Å². The third-order valence-corrected chi connectivity index (χ3v) is 6.18. The molecule has 1 unspecified atom stereocenters. The number of carbonyl (C=O) groups excluding carboxylic acids is 1. The molecule has 2 atom stereocenters. The summed E-state index contributed by atoms with van der Waals surface area (Å²) in [5.74, 6) is -0.443. The molecule has 1 fully saturated rings. The van der Waals surface area contributed by atoms with Crippen molar-refractivity contribution in [1.29, 1.82) is 0 Å². The summed E-state index contributed by atoms with van der Waals surface area (Å²) >= 11 is 1.32. The molecule has 7 heteroatoms. The number of carboxylic acids is 1. The topological polar surface area (TPSA) is 79.7 Å². The van der Waals surface area contributed by atoms with Gasteiger partial charge in [0.25, 0.3) is 5.91 Å². The predicted molar refractivity (Wildman–Crippen MR) is 96.9 cm³/mol. The van der Waals surface area contributed by atoms with E-state index in [1.165, 1.54) is 11.3 Å². The fourth-order valence-corrected chi connectivity index (χ4v) is 4.72. The van der Waals surface area contributed by atoms with Crippen LogP contribution >= 0.6 is 11.3 Å². The van der Waals surface area contributed by atoms with Gasteiger partial charge in [0, 0.05) is 30.0 Å². The monoisotopic (exact) mass is 372 g/mol. The van der Waals surface area contributed by atoms with E-state index in [9.17, 15) is 14.7 Å². The number of thiazole rings is 1. The van der Waals surface area contributed by atoms with E-state index in [0.29, 0.717) is 17.3 Å². The molecule has 2 aliphatic heterocycles. The largest absolute Gasteiger partial charge is 0.492 e. The smallest absolute Gasteiger partial charge is 0.315 e. The van der Waals surface area contributed by atoms with Gasteiger partial charge >= 0.3 is 5.97 Å². The lowest BCUT2D eigenvalue weighted by Crippen LogP contribution is -2.46. The quantitative estimate of drug-likeness (QED) is 0.896. The maximum Gasteiger partial charge on any atom is 0.315 e. The molecule has 1 aromatic heterocycles. The summed E-state index contributed by atoms with van der Waals surface area (Å²) in [7, 11) is 0. The van der Waals surface area contributed by atoms with Crippen LogP contribution in [0.1, 0.15) is 46.7 Å². The summed E-state index contributed by atoms with van der Waals surface area (Å²) in [5, 5.41) is 12.3. The lowest BCUT2D eigenvalue weighted by molar-refractivity contribution is -0.151. The van der Waals surface area contributed by atoms with E-state index in [0.717, 1.165) is 11.3 Å². The first-order valence-electron chi connectivity index (χ1n) is 8.62. The minimum Gasteiger partial charge on any atom is -0.492 e. The van der Waals surface area contributed by atoms with Crippen molar-refractivity contribution in [2.45, 2.75) is 25.7 Å². The molecule has 0 aliphatic carbocycles. The number of likely N-dealkylation sites (tertiary alicyclic amines) is 1. The lowest BCUT2D eigenvalue weighted by Gasteiger charge is -2.35. The number of aliphatic carboxylic acids is 1. The Bertz CT molecular complexity index is 878. The van der Waals surface area contributed by atoms with Crippen LogP contribution in [0.5, 0.6) is 5.75 Å². The average Bonchev–Trinajstić information content (AvgIpc) is 3.27. The molecule has 1 N–H and O–H groups in total. The van der Waals surface area contributed by atoms with E-state index < -0.39 is 11.4 Å². The van der Waals surface area contributed by atoms with E-state index in [1.807, 2.05) is 43.5 Å². The fourth-order valence-electron chi connectivity index (χ4n) is 3.78. The molecule has 6 nitrogen and oxygen atoms in total. The van der Waals surface area contributed by atoms with Gasteiger partial charge < -0.3 is 14.7 Å². The van der Waals surface area contributed by atoms with Crippen LogP contribution in [-0.2, 0) is 4.79 Å². The molecule has 2 aliphatic rings. The predicted octanol–water partition coefficient (Wildman–Crippen LogP) is 2.97. The summed E-state index contributed by atoms with van der Waals surface area (Å²) in [6.45, 7) is 4.63. The van der Waals surface area contributed by atoms with E-state index in [1.54, 1.807) is 4.90 Å². The number of rotatable bonds is 3. The number of carbonyl (C=O) groups is 2. The van der Waals surface area contributed by atoms with Gasteiger partial charge in [-0.2, -0.15) is 0 Å². The van der Waals surface area contributed by atoms with Gasteiger partial charge in [-0.05, 0) is 12.0 Å². The molecule has 0 saturated carbocycles. The van der Waals surface area contributed by atoms with Gasteiger partial charge in [-0.3, -0.25) is 9.59 Å². The van der Waals surface area contributed by atoms with E-state index >= 15 is 0 Å². The highest BCUT2D eigenvalue weighted by Gasteiger charge is 2.57. The zero-order chi connectivity index (χ0) is 18.5. The number of amides is 1. The molecule has 0 spiro atoms. The van der Waals surface area contributed by atoms with E-state index in [-0.39, 0.29) is 30.9 Å². The Morgan fingerprint density at radius 1 is 1.38 bits per heavy atom. The SMILES string of the molecule is CC(C)c1csc(C(=O)N2CC3c4ccccc4OC[C@]3(C(=O)O)C2)n1. The van der Waals surface area contributed by atoms with Crippen LogP contribution in [0.3, 0.4) is 0 Å². The molecule has 2 aromatic rings. The molecule has 136 valence electrons. The first-order valence-corrected chi connectivity index (χ1v) is 9.50. The highest BCUT2D eigenvalue weighted by atomic mass is 32.1. The van der Waals surface area contributed by atoms with Crippen molar-refractivity contribution in [3.8, 4) is 5.75 Å². The number of benzene rings is 1. The fraction of sp³-hybridized carbons (Fsp3) is 0.421. The molecule has 4 rings (SSSR count). The van der Waals surface area contributed by atoms with Crippen LogP contribution in [0.25, 0.3) is 0 Å². The van der Waals surface area contributed by atoms with Crippen molar-refractivity contribution in [1.82, 2.24) is 9.88 Å². The second kappa shape index (κ2) is 6.09. The lowest BCUT2D eigenvalue weighted by atomic mass is 9.73. The molecule has 0 bridgehead atoms. The van der Waals surface area contributed by atoms with Crippen LogP contribution in [0.2, 0.25) is 0 Å². The molecule has 3 heterocycles. The van der Waals surface area contributed by atoms with Gasteiger partial charge in [-0.25, -0.2) is 4.98 Å². The number of carboxylic acid groups (broad SMARTS) is 1. The molecule has 1 aromatic carbocycles. The number of hydrogen-bond donors (Lipinski definition) is 1. The van der Waals surface area contributed by atoms with Gasteiger partial charge in [0.15, 0.2) is 5.01 Å². The zero-order valence-corrected chi connectivity index (χ0v) is 15.5. The van der Waals surface area contributed by atoms with Crippen LogP contribution in [0.4, 0.5) is 0 Å². The maximum absolute atomic E-state index is 12.9. The molecular formula is C19H20N2O4S. The summed E-state index contributed by atoms with van der Waals surface area (Å²) in [5.41, 5.74) is 0.636. The minimum absolute atomic E-state index is 0.0723. The van der Waals surface area contributed by atoms with Crippen LogP contribution in [-0.4, -0.2) is 46.6 Å². The highest BCUT2D eigenvalue weighted by Crippen LogP contribution is 2.50. The second-order valence-electron chi connectivity index (χ2n) is 7.26. The first-order chi connectivity index (χ1) is 12.4. The average molecular weight is 372 g/mol. The van der Waals surface area contributed by atoms with Crippen molar-refractivity contribution in [3.05, 3.63) is 45.9 Å². The number of aromatic nitrogens is 1. The number of hydrogen-bond acceptors (Lipinski definition) is 5. The standard InChI is InChI=1S/C19H20N2O4S/c1-11(2)14-8-26-16(20-14)17(22)21-7-13-12-5-3-4-6-15(12)25-10-19(13,9-21)18(23)24/h3-6,8,11,13H,7,9-10H2,1-2H3,(H,23,24)/t13?,19-/m1/s1. The molecule has 1 amide bonds. The van der Waals surface area contributed by atoms with Crippen molar-refractivity contribution >= 4 is 23.2 Å². The van der Waals surface area contributed by atoms with Crippen molar-refractivity contribution in [3.63, 3.8) is 0 Å². The molecule has 0 radical (unpaired) electrons. The Morgan fingerprint density at radius 3 is 2.85 bits per heavy atom. The minimum atomic E-state index is -1.11. The Balaban J connectivity index is 1.67. The Kier molecular flexibility index (Phi) is 3.99. The maximum atomic E-state index is 12.9. The Morgan fingerprint density at radius 2 is 2.15 bits per heavy atom. The van der Waals surface area contributed by atoms with Gasteiger partial charge in [-0.1, -0.05) is 32.0 Å². The van der Waals surface area contributed by atoms with Crippen molar-refractivity contribution in [2.24, 2.45) is 5.41 Å². The summed E-state index contributed by atoms with van der Waals surface area (Å²) in [6.07, 6.45) is 0.